The SMILES string of the molecule is Clc1cccc(Cc2nc3c(c(C4CC4)n2)CNC3)c1. The van der Waals surface area contributed by atoms with Gasteiger partial charge in [0.25, 0.3) is 0 Å². The minimum Gasteiger partial charge on any atom is -0.307 e. The van der Waals surface area contributed by atoms with E-state index in [1.807, 2.05) is 18.2 Å². The summed E-state index contributed by atoms with van der Waals surface area (Å²) in [5.74, 6) is 1.60. The van der Waals surface area contributed by atoms with Crippen LogP contribution in [0.3, 0.4) is 0 Å². The van der Waals surface area contributed by atoms with Crippen LogP contribution in [0.2, 0.25) is 5.02 Å². The molecule has 102 valence electrons. The number of hydrogen-bond donors (Lipinski definition) is 1. The number of nitrogens with one attached hydrogen (secondary N) is 1. The van der Waals surface area contributed by atoms with Crippen LogP contribution in [0.5, 0.6) is 0 Å². The molecule has 0 radical (unpaired) electrons. The number of fused-ring (bicyclic) bond motifs is 1. The number of nitrogens with zero attached hydrogens (tertiary/aromatic N) is 2. The van der Waals surface area contributed by atoms with Crippen LogP contribution in [0, 0.1) is 0 Å². The molecule has 1 aliphatic heterocycles. The van der Waals surface area contributed by atoms with Crippen LogP contribution in [-0.4, -0.2) is 9.97 Å². The predicted molar refractivity (Wildman–Crippen MR) is 78.8 cm³/mol. The number of benzene rings is 1. The molecule has 0 bridgehead atoms. The van der Waals surface area contributed by atoms with E-state index in [-0.39, 0.29) is 0 Å². The van der Waals surface area contributed by atoms with E-state index in [9.17, 15) is 0 Å². The zero-order valence-corrected chi connectivity index (χ0v) is 12.0. The molecule has 4 heteroatoms. The third-order valence-corrected chi connectivity index (χ3v) is 4.22. The van der Waals surface area contributed by atoms with Gasteiger partial charge in [-0.2, -0.15) is 0 Å². The highest BCUT2D eigenvalue weighted by Crippen LogP contribution is 2.41. The largest absolute Gasteiger partial charge is 0.307 e. The van der Waals surface area contributed by atoms with E-state index in [0.717, 1.165) is 30.4 Å². The molecule has 1 N–H and O–H groups in total. The minimum atomic E-state index is 0.671. The average molecular weight is 286 g/mol. The van der Waals surface area contributed by atoms with Gasteiger partial charge in [0.05, 0.1) is 11.4 Å². The van der Waals surface area contributed by atoms with Crippen LogP contribution in [-0.2, 0) is 19.5 Å². The molecular weight excluding hydrogens is 270 g/mol. The van der Waals surface area contributed by atoms with Crippen molar-refractivity contribution in [2.45, 2.75) is 38.3 Å². The fraction of sp³-hybridized carbons (Fsp3) is 0.375. The predicted octanol–water partition coefficient (Wildman–Crippen LogP) is 3.20. The quantitative estimate of drug-likeness (QED) is 0.941. The van der Waals surface area contributed by atoms with Crippen molar-refractivity contribution >= 4 is 11.6 Å². The molecule has 1 aromatic carbocycles. The number of rotatable bonds is 3. The van der Waals surface area contributed by atoms with Crippen molar-refractivity contribution in [1.82, 2.24) is 15.3 Å². The van der Waals surface area contributed by atoms with Crippen LogP contribution < -0.4 is 5.32 Å². The first-order chi connectivity index (χ1) is 9.79. The van der Waals surface area contributed by atoms with Crippen molar-refractivity contribution < 1.29 is 0 Å². The Morgan fingerprint density at radius 3 is 2.90 bits per heavy atom. The van der Waals surface area contributed by atoms with Gasteiger partial charge in [0.2, 0.25) is 0 Å². The van der Waals surface area contributed by atoms with Crippen molar-refractivity contribution in [3.05, 3.63) is 57.6 Å². The van der Waals surface area contributed by atoms with Gasteiger partial charge in [0, 0.05) is 36.0 Å². The molecule has 2 aliphatic rings. The van der Waals surface area contributed by atoms with Crippen LogP contribution in [0.25, 0.3) is 0 Å². The van der Waals surface area contributed by atoms with Crippen LogP contribution in [0.4, 0.5) is 0 Å². The zero-order chi connectivity index (χ0) is 13.5. The fourth-order valence-corrected chi connectivity index (χ4v) is 3.06. The Kier molecular flexibility index (Phi) is 2.97. The van der Waals surface area contributed by atoms with E-state index in [1.54, 1.807) is 0 Å². The summed E-state index contributed by atoms with van der Waals surface area (Å²) in [7, 11) is 0. The van der Waals surface area contributed by atoms with Crippen molar-refractivity contribution in [2.75, 3.05) is 0 Å². The van der Waals surface area contributed by atoms with Crippen molar-refractivity contribution in [1.29, 1.82) is 0 Å². The molecule has 2 heterocycles. The lowest BCUT2D eigenvalue weighted by atomic mass is 10.1. The van der Waals surface area contributed by atoms with Crippen LogP contribution >= 0.6 is 11.6 Å². The highest BCUT2D eigenvalue weighted by atomic mass is 35.5. The van der Waals surface area contributed by atoms with E-state index in [4.69, 9.17) is 21.6 Å². The van der Waals surface area contributed by atoms with Crippen molar-refractivity contribution in [3.63, 3.8) is 0 Å². The third kappa shape index (κ3) is 2.32. The molecule has 0 atom stereocenters. The molecule has 0 saturated heterocycles. The summed E-state index contributed by atoms with van der Waals surface area (Å²) in [4.78, 5) is 9.57. The lowest BCUT2D eigenvalue weighted by Crippen LogP contribution is -2.06. The molecule has 3 nitrogen and oxygen atoms in total. The summed E-state index contributed by atoms with van der Waals surface area (Å²) in [5.41, 5.74) is 5.00. The smallest absolute Gasteiger partial charge is 0.133 e. The van der Waals surface area contributed by atoms with Crippen LogP contribution in [0.1, 0.15) is 47.1 Å². The highest BCUT2D eigenvalue weighted by Gasteiger charge is 2.31. The zero-order valence-electron chi connectivity index (χ0n) is 11.2. The Morgan fingerprint density at radius 2 is 2.10 bits per heavy atom. The molecule has 2 aromatic rings. The van der Waals surface area contributed by atoms with E-state index in [1.165, 1.54) is 35.4 Å². The summed E-state index contributed by atoms with van der Waals surface area (Å²) < 4.78 is 0. The van der Waals surface area contributed by atoms with Gasteiger partial charge in [-0.3, -0.25) is 0 Å². The Balaban J connectivity index is 1.70. The van der Waals surface area contributed by atoms with Gasteiger partial charge in [0.1, 0.15) is 5.82 Å². The molecule has 0 amide bonds. The van der Waals surface area contributed by atoms with E-state index < -0.39 is 0 Å². The summed E-state index contributed by atoms with van der Waals surface area (Å²) in [6.45, 7) is 1.80. The van der Waals surface area contributed by atoms with Crippen molar-refractivity contribution in [3.8, 4) is 0 Å². The van der Waals surface area contributed by atoms with Gasteiger partial charge in [0.15, 0.2) is 0 Å². The van der Waals surface area contributed by atoms with Gasteiger partial charge < -0.3 is 5.32 Å². The van der Waals surface area contributed by atoms with E-state index in [2.05, 4.69) is 11.4 Å². The number of halogens is 1. The molecule has 0 unspecified atom stereocenters. The summed E-state index contributed by atoms with van der Waals surface area (Å²) in [6.07, 6.45) is 3.31. The average Bonchev–Trinajstić information content (AvgIpc) is 3.16. The number of aromatic nitrogens is 2. The Bertz CT molecular complexity index is 665. The van der Waals surface area contributed by atoms with Gasteiger partial charge in [-0.25, -0.2) is 9.97 Å². The Morgan fingerprint density at radius 1 is 1.20 bits per heavy atom. The summed E-state index contributed by atoms with van der Waals surface area (Å²) >= 11 is 6.05. The van der Waals surface area contributed by atoms with Gasteiger partial charge >= 0.3 is 0 Å². The third-order valence-electron chi connectivity index (χ3n) is 3.98. The second kappa shape index (κ2) is 4.83. The maximum Gasteiger partial charge on any atom is 0.133 e. The molecular formula is C16H16ClN3. The molecule has 4 rings (SSSR count). The molecule has 1 aliphatic carbocycles. The second-order valence-electron chi connectivity index (χ2n) is 5.63. The van der Waals surface area contributed by atoms with Crippen LogP contribution in [0.15, 0.2) is 24.3 Å². The molecule has 1 saturated carbocycles. The normalized spacial score (nSPS) is 17.2. The standard InChI is InChI=1S/C16H16ClN3/c17-12-3-1-2-10(6-12)7-15-19-14-9-18-8-13(14)16(20-15)11-4-5-11/h1-3,6,11,18H,4-5,7-9H2. The Labute approximate surface area is 123 Å². The molecule has 0 spiro atoms. The maximum atomic E-state index is 6.05. The summed E-state index contributed by atoms with van der Waals surface area (Å²) in [6, 6.07) is 7.95. The fourth-order valence-electron chi connectivity index (χ4n) is 2.85. The van der Waals surface area contributed by atoms with Crippen molar-refractivity contribution in [2.24, 2.45) is 0 Å². The second-order valence-corrected chi connectivity index (χ2v) is 6.07. The highest BCUT2D eigenvalue weighted by molar-refractivity contribution is 6.30. The van der Waals surface area contributed by atoms with Gasteiger partial charge in [-0.05, 0) is 30.5 Å². The van der Waals surface area contributed by atoms with E-state index in [0.29, 0.717) is 5.92 Å². The van der Waals surface area contributed by atoms with Gasteiger partial charge in [-0.1, -0.05) is 23.7 Å². The van der Waals surface area contributed by atoms with E-state index >= 15 is 0 Å². The lowest BCUT2D eigenvalue weighted by Gasteiger charge is -2.09. The summed E-state index contributed by atoms with van der Waals surface area (Å²) in [5, 5.41) is 4.16. The lowest BCUT2D eigenvalue weighted by molar-refractivity contribution is 0.754. The monoisotopic (exact) mass is 285 g/mol. The minimum absolute atomic E-state index is 0.671. The van der Waals surface area contributed by atoms with Gasteiger partial charge in [-0.15, -0.1) is 0 Å². The first kappa shape index (κ1) is 12.3. The molecule has 1 aromatic heterocycles. The molecule has 20 heavy (non-hydrogen) atoms. The maximum absolute atomic E-state index is 6.05. The molecule has 1 fully saturated rings. The Hall–Kier alpha value is -1.45. The first-order valence-electron chi connectivity index (χ1n) is 7.13. The number of hydrogen-bond acceptors (Lipinski definition) is 3. The topological polar surface area (TPSA) is 37.8 Å². The first-order valence-corrected chi connectivity index (χ1v) is 7.51.